The molecule has 1 fully saturated rings. The van der Waals surface area contributed by atoms with E-state index in [4.69, 9.17) is 9.47 Å². The molecular formula is C28H24N2O8. The summed E-state index contributed by atoms with van der Waals surface area (Å²) in [5.74, 6) is -2.89. The summed E-state index contributed by atoms with van der Waals surface area (Å²) >= 11 is 0. The Morgan fingerprint density at radius 1 is 1.05 bits per heavy atom. The van der Waals surface area contributed by atoms with Crippen LogP contribution in [0.4, 0.5) is 5.69 Å². The number of ether oxygens (including phenoxy) is 2. The van der Waals surface area contributed by atoms with Crippen LogP contribution in [0.15, 0.2) is 42.5 Å². The summed E-state index contributed by atoms with van der Waals surface area (Å²) in [5.41, 5.74) is 0.162. The Hall–Kier alpha value is -4.44. The highest BCUT2D eigenvalue weighted by Crippen LogP contribution is 2.36. The number of ketones is 3. The minimum Gasteiger partial charge on any atom is -0.454 e. The van der Waals surface area contributed by atoms with E-state index in [1.807, 2.05) is 11.5 Å². The Bertz CT molecular complexity index is 1530. The van der Waals surface area contributed by atoms with Crippen LogP contribution in [-0.4, -0.2) is 52.1 Å². The number of benzene rings is 2. The fraction of sp³-hybridized carbons (Fsp3) is 0.286. The molecule has 1 aliphatic carbocycles. The van der Waals surface area contributed by atoms with Crippen molar-refractivity contribution in [2.75, 3.05) is 13.2 Å². The molecule has 1 aromatic heterocycles. The van der Waals surface area contributed by atoms with Crippen LogP contribution in [0.1, 0.15) is 76.8 Å². The molecule has 2 aromatic carbocycles. The standard InChI is InChI=1S/C28H24N2O8/c1-15-12-22(16(2)29(15)13-17-6-5-11-37-17)23(31)14-38-28(34)21-10-9-20-24(25(21)30(35)36)27(33)19-8-4-3-7-18(19)26(20)32/h3-4,7-10,12,17H,5-6,11,13-14H2,1-2H3. The normalized spacial score (nSPS) is 16.2. The summed E-state index contributed by atoms with van der Waals surface area (Å²) in [4.78, 5) is 63.0. The largest absolute Gasteiger partial charge is 0.454 e. The van der Waals surface area contributed by atoms with Gasteiger partial charge in [0.2, 0.25) is 11.6 Å². The number of nitro benzene ring substituents is 1. The molecule has 0 N–H and O–H groups in total. The van der Waals surface area contributed by atoms with E-state index in [0.29, 0.717) is 24.4 Å². The molecular weight excluding hydrogens is 492 g/mol. The lowest BCUT2D eigenvalue weighted by atomic mass is 9.82. The molecule has 194 valence electrons. The molecule has 1 unspecified atom stereocenters. The molecule has 38 heavy (non-hydrogen) atoms. The van der Waals surface area contributed by atoms with E-state index in [0.717, 1.165) is 24.6 Å². The van der Waals surface area contributed by atoms with Crippen LogP contribution in [0.25, 0.3) is 0 Å². The van der Waals surface area contributed by atoms with Gasteiger partial charge in [0.1, 0.15) is 11.1 Å². The van der Waals surface area contributed by atoms with E-state index in [9.17, 15) is 29.3 Å². The van der Waals surface area contributed by atoms with E-state index in [1.165, 1.54) is 18.2 Å². The molecule has 2 aliphatic rings. The first-order valence-electron chi connectivity index (χ1n) is 12.2. The van der Waals surface area contributed by atoms with Gasteiger partial charge in [-0.25, -0.2) is 4.79 Å². The first-order chi connectivity index (χ1) is 18.2. The minimum atomic E-state index is -1.14. The highest BCUT2D eigenvalue weighted by Gasteiger charge is 2.39. The van der Waals surface area contributed by atoms with Crippen LogP contribution in [-0.2, 0) is 16.0 Å². The molecule has 1 aliphatic heterocycles. The number of carbonyl (C=O) groups excluding carboxylic acids is 4. The number of hydrogen-bond acceptors (Lipinski definition) is 8. The van der Waals surface area contributed by atoms with Crippen LogP contribution in [0, 0.1) is 24.0 Å². The molecule has 2 heterocycles. The second-order valence-electron chi connectivity index (χ2n) is 9.37. The number of nitrogens with zero attached hydrogens (tertiary/aromatic N) is 2. The Morgan fingerprint density at radius 2 is 1.76 bits per heavy atom. The van der Waals surface area contributed by atoms with E-state index in [1.54, 1.807) is 25.1 Å². The van der Waals surface area contributed by atoms with Crippen LogP contribution in [0.3, 0.4) is 0 Å². The third-order valence-electron chi connectivity index (χ3n) is 7.09. The summed E-state index contributed by atoms with van der Waals surface area (Å²) in [6, 6.07) is 10.0. The molecule has 0 radical (unpaired) electrons. The van der Waals surface area contributed by atoms with Crippen LogP contribution in [0.2, 0.25) is 0 Å². The molecule has 0 spiro atoms. The van der Waals surface area contributed by atoms with E-state index < -0.39 is 51.7 Å². The maximum atomic E-state index is 13.1. The van der Waals surface area contributed by atoms with Crippen molar-refractivity contribution in [1.82, 2.24) is 4.57 Å². The first kappa shape index (κ1) is 25.2. The average Bonchev–Trinajstić information content (AvgIpc) is 3.53. The number of aryl methyl sites for hydroxylation is 1. The molecule has 0 bridgehead atoms. The first-order valence-corrected chi connectivity index (χ1v) is 12.2. The Morgan fingerprint density at radius 3 is 2.42 bits per heavy atom. The predicted octanol–water partition coefficient (Wildman–Crippen LogP) is 4.01. The maximum absolute atomic E-state index is 13.1. The van der Waals surface area contributed by atoms with Crippen molar-refractivity contribution < 1.29 is 33.6 Å². The van der Waals surface area contributed by atoms with Crippen molar-refractivity contribution in [2.45, 2.75) is 39.3 Å². The van der Waals surface area contributed by atoms with Crippen molar-refractivity contribution in [3.63, 3.8) is 0 Å². The third-order valence-corrected chi connectivity index (χ3v) is 7.09. The van der Waals surface area contributed by atoms with E-state index in [2.05, 4.69) is 0 Å². The number of aromatic nitrogens is 1. The molecule has 3 aromatic rings. The van der Waals surface area contributed by atoms with Crippen molar-refractivity contribution in [2.24, 2.45) is 0 Å². The van der Waals surface area contributed by atoms with E-state index in [-0.39, 0.29) is 22.8 Å². The number of esters is 1. The smallest absolute Gasteiger partial charge is 0.345 e. The molecule has 0 saturated carbocycles. The summed E-state index contributed by atoms with van der Waals surface area (Å²) in [6.07, 6.45) is 2.01. The van der Waals surface area contributed by atoms with Gasteiger partial charge >= 0.3 is 5.97 Å². The summed E-state index contributed by atoms with van der Waals surface area (Å²) < 4.78 is 12.9. The fourth-order valence-electron chi connectivity index (χ4n) is 5.17. The Balaban J connectivity index is 1.39. The van der Waals surface area contributed by atoms with Crippen molar-refractivity contribution in [3.8, 4) is 0 Å². The molecule has 0 amide bonds. The van der Waals surface area contributed by atoms with Crippen LogP contribution in [0.5, 0.6) is 0 Å². The lowest BCUT2D eigenvalue weighted by Gasteiger charge is -2.18. The SMILES string of the molecule is Cc1cc(C(=O)COC(=O)c2ccc3c(c2[N+](=O)[O-])C(=O)c2ccccc2C3=O)c(C)n1CC1CCCO1. The van der Waals surface area contributed by atoms with Gasteiger partial charge < -0.3 is 14.0 Å². The lowest BCUT2D eigenvalue weighted by molar-refractivity contribution is -0.385. The number of Topliss-reactive ketones (excluding diaryl/α,β-unsaturated/α-hetero) is 1. The van der Waals surface area contributed by atoms with E-state index >= 15 is 0 Å². The summed E-state index contributed by atoms with van der Waals surface area (Å²) in [7, 11) is 0. The van der Waals surface area contributed by atoms with Crippen LogP contribution >= 0.6 is 0 Å². The van der Waals surface area contributed by atoms with Gasteiger partial charge in [-0.3, -0.25) is 24.5 Å². The molecule has 1 saturated heterocycles. The summed E-state index contributed by atoms with van der Waals surface area (Å²) in [6.45, 7) is 4.35. The van der Waals surface area contributed by atoms with Gasteiger partial charge in [-0.2, -0.15) is 0 Å². The third kappa shape index (κ3) is 4.22. The quantitative estimate of drug-likeness (QED) is 0.156. The number of fused-ring (bicyclic) bond motifs is 2. The van der Waals surface area contributed by atoms with Crippen molar-refractivity contribution >= 4 is 29.0 Å². The number of hydrogen-bond donors (Lipinski definition) is 0. The molecule has 1 atom stereocenters. The fourth-order valence-corrected chi connectivity index (χ4v) is 5.17. The monoisotopic (exact) mass is 516 g/mol. The Labute approximate surface area is 217 Å². The highest BCUT2D eigenvalue weighted by molar-refractivity contribution is 6.30. The lowest BCUT2D eigenvalue weighted by Crippen LogP contribution is -2.24. The Kier molecular flexibility index (Phi) is 6.50. The van der Waals surface area contributed by atoms with Crippen LogP contribution < -0.4 is 0 Å². The second-order valence-corrected chi connectivity index (χ2v) is 9.37. The van der Waals surface area contributed by atoms with Crippen molar-refractivity contribution in [1.29, 1.82) is 0 Å². The minimum absolute atomic E-state index is 0.0205. The zero-order valence-electron chi connectivity index (χ0n) is 20.8. The molecule has 10 nitrogen and oxygen atoms in total. The van der Waals surface area contributed by atoms with Gasteiger partial charge in [-0.1, -0.05) is 24.3 Å². The second kappa shape index (κ2) is 9.79. The molecule has 5 rings (SSSR count). The van der Waals surface area contributed by atoms with Gasteiger partial charge in [0.05, 0.1) is 11.0 Å². The predicted molar refractivity (Wildman–Crippen MR) is 134 cm³/mol. The maximum Gasteiger partial charge on any atom is 0.345 e. The van der Waals surface area contributed by atoms with Gasteiger partial charge in [0, 0.05) is 46.8 Å². The van der Waals surface area contributed by atoms with Gasteiger partial charge in [0.25, 0.3) is 5.69 Å². The average molecular weight is 517 g/mol. The topological polar surface area (TPSA) is 135 Å². The molecule has 10 heteroatoms. The zero-order valence-corrected chi connectivity index (χ0v) is 20.8. The van der Waals surface area contributed by atoms with Crippen molar-refractivity contribution in [3.05, 3.63) is 97.3 Å². The highest BCUT2D eigenvalue weighted by atomic mass is 16.6. The number of carbonyl (C=O) groups is 4. The zero-order chi connectivity index (χ0) is 27.1. The van der Waals surface area contributed by atoms with Gasteiger partial charge in [0.15, 0.2) is 12.4 Å². The van der Waals surface area contributed by atoms with Gasteiger partial charge in [-0.05, 0) is 44.9 Å². The number of rotatable bonds is 7. The number of nitro groups is 1. The summed E-state index contributed by atoms with van der Waals surface area (Å²) in [5, 5.41) is 12.0. The van der Waals surface area contributed by atoms with Gasteiger partial charge in [-0.15, -0.1) is 0 Å².